The van der Waals surface area contributed by atoms with Gasteiger partial charge >= 0.3 is 0 Å². The number of benzene rings is 1. The van der Waals surface area contributed by atoms with Crippen molar-refractivity contribution in [3.63, 3.8) is 0 Å². The molecule has 0 spiro atoms. The Hall–Kier alpha value is -1.65. The lowest BCUT2D eigenvalue weighted by Gasteiger charge is -2.06. The normalized spacial score (nSPS) is 10.8. The highest BCUT2D eigenvalue weighted by atomic mass is 35.5. The molecule has 0 bridgehead atoms. The van der Waals surface area contributed by atoms with Gasteiger partial charge in [-0.05, 0) is 41.5 Å². The quantitative estimate of drug-likeness (QED) is 0.519. The van der Waals surface area contributed by atoms with E-state index in [-0.39, 0.29) is 5.28 Å². The van der Waals surface area contributed by atoms with Gasteiger partial charge in [0.2, 0.25) is 11.2 Å². The number of hydrogen-bond donors (Lipinski definition) is 0. The van der Waals surface area contributed by atoms with Gasteiger partial charge in [0.15, 0.2) is 0 Å². The van der Waals surface area contributed by atoms with Gasteiger partial charge in [-0.2, -0.15) is 4.98 Å². The SMILES string of the molecule is Clc1nc(OCCCc2ccccc2)c2ccsc2n1. The highest BCUT2D eigenvalue weighted by molar-refractivity contribution is 7.16. The van der Waals surface area contributed by atoms with Gasteiger partial charge in [0.05, 0.1) is 12.0 Å². The minimum absolute atomic E-state index is 0.234. The van der Waals surface area contributed by atoms with Gasteiger partial charge in [-0.15, -0.1) is 11.3 Å². The molecule has 0 saturated carbocycles. The number of aromatic nitrogens is 2. The predicted molar refractivity (Wildman–Crippen MR) is 82.7 cm³/mol. The van der Waals surface area contributed by atoms with E-state index in [1.54, 1.807) is 0 Å². The van der Waals surface area contributed by atoms with Crippen LogP contribution in [0.15, 0.2) is 41.8 Å². The first kappa shape index (κ1) is 13.3. The summed E-state index contributed by atoms with van der Waals surface area (Å²) in [4.78, 5) is 9.19. The molecule has 0 N–H and O–H groups in total. The molecule has 5 heteroatoms. The van der Waals surface area contributed by atoms with E-state index in [4.69, 9.17) is 16.3 Å². The molecule has 1 aromatic carbocycles. The summed E-state index contributed by atoms with van der Waals surface area (Å²) in [5, 5.41) is 3.13. The number of fused-ring (bicyclic) bond motifs is 1. The Morgan fingerprint density at radius 1 is 1.10 bits per heavy atom. The van der Waals surface area contributed by atoms with Crippen molar-refractivity contribution in [1.29, 1.82) is 0 Å². The van der Waals surface area contributed by atoms with E-state index in [1.165, 1.54) is 16.9 Å². The summed E-state index contributed by atoms with van der Waals surface area (Å²) in [7, 11) is 0. The number of rotatable bonds is 5. The van der Waals surface area contributed by atoms with Gasteiger partial charge < -0.3 is 4.74 Å². The minimum atomic E-state index is 0.234. The van der Waals surface area contributed by atoms with E-state index in [1.807, 2.05) is 17.5 Å². The Balaban J connectivity index is 1.61. The van der Waals surface area contributed by atoms with Crippen LogP contribution in [-0.4, -0.2) is 16.6 Å². The zero-order valence-electron chi connectivity index (χ0n) is 10.8. The fraction of sp³-hybridized carbons (Fsp3) is 0.200. The van der Waals surface area contributed by atoms with Crippen LogP contribution in [0.5, 0.6) is 5.88 Å². The van der Waals surface area contributed by atoms with Gasteiger partial charge in [0.1, 0.15) is 4.83 Å². The van der Waals surface area contributed by atoms with Crippen LogP contribution in [-0.2, 0) is 6.42 Å². The molecule has 0 aliphatic carbocycles. The number of nitrogens with zero attached hydrogens (tertiary/aromatic N) is 2. The molecule has 20 heavy (non-hydrogen) atoms. The van der Waals surface area contributed by atoms with Crippen molar-refractivity contribution in [2.45, 2.75) is 12.8 Å². The van der Waals surface area contributed by atoms with Crippen LogP contribution in [0.3, 0.4) is 0 Å². The Labute approximate surface area is 126 Å². The molecule has 0 amide bonds. The molecule has 3 aromatic rings. The van der Waals surface area contributed by atoms with E-state index in [0.29, 0.717) is 12.5 Å². The molecule has 0 unspecified atom stereocenters. The summed E-state index contributed by atoms with van der Waals surface area (Å²) in [6, 6.07) is 12.3. The molecule has 0 radical (unpaired) electrons. The van der Waals surface area contributed by atoms with Gasteiger partial charge in [-0.1, -0.05) is 30.3 Å². The average molecular weight is 305 g/mol. The second-order valence-electron chi connectivity index (χ2n) is 4.37. The highest BCUT2D eigenvalue weighted by Crippen LogP contribution is 2.28. The maximum absolute atomic E-state index is 5.89. The maximum atomic E-state index is 5.89. The first-order valence-electron chi connectivity index (χ1n) is 6.40. The second-order valence-corrected chi connectivity index (χ2v) is 5.61. The topological polar surface area (TPSA) is 35.0 Å². The molecular weight excluding hydrogens is 292 g/mol. The van der Waals surface area contributed by atoms with Crippen LogP contribution in [0.2, 0.25) is 5.28 Å². The Morgan fingerprint density at radius 2 is 1.95 bits per heavy atom. The Bertz CT molecular complexity index is 699. The number of hydrogen-bond acceptors (Lipinski definition) is 4. The first-order chi connectivity index (χ1) is 9.83. The molecule has 0 aliphatic rings. The van der Waals surface area contributed by atoms with E-state index < -0.39 is 0 Å². The molecule has 0 aliphatic heterocycles. The van der Waals surface area contributed by atoms with Crippen LogP contribution in [0.25, 0.3) is 10.2 Å². The standard InChI is InChI=1S/C15H13ClN2OS/c16-15-17-13(12-8-10-20-14(12)18-15)19-9-4-7-11-5-2-1-3-6-11/h1-3,5-6,8,10H,4,7,9H2. The van der Waals surface area contributed by atoms with Crippen LogP contribution in [0, 0.1) is 0 Å². The van der Waals surface area contributed by atoms with Gasteiger partial charge in [-0.25, -0.2) is 4.98 Å². The third-order valence-electron chi connectivity index (χ3n) is 2.95. The van der Waals surface area contributed by atoms with Gasteiger partial charge in [-0.3, -0.25) is 0 Å². The van der Waals surface area contributed by atoms with E-state index >= 15 is 0 Å². The fourth-order valence-corrected chi connectivity index (χ4v) is 2.97. The summed E-state index contributed by atoms with van der Waals surface area (Å²) in [6.45, 7) is 0.618. The summed E-state index contributed by atoms with van der Waals surface area (Å²) in [6.07, 6.45) is 1.93. The smallest absolute Gasteiger partial charge is 0.227 e. The maximum Gasteiger partial charge on any atom is 0.227 e. The lowest BCUT2D eigenvalue weighted by Crippen LogP contribution is -2.01. The summed E-state index contributed by atoms with van der Waals surface area (Å²) in [5.74, 6) is 0.578. The van der Waals surface area contributed by atoms with Crippen LogP contribution >= 0.6 is 22.9 Å². The number of aryl methyl sites for hydroxylation is 1. The monoisotopic (exact) mass is 304 g/mol. The van der Waals surface area contributed by atoms with Crippen molar-refractivity contribution >= 4 is 33.2 Å². The molecule has 0 atom stereocenters. The molecule has 0 saturated heterocycles. The van der Waals surface area contributed by atoms with Crippen molar-refractivity contribution in [3.05, 3.63) is 52.6 Å². The molecule has 2 aromatic heterocycles. The summed E-state index contributed by atoms with van der Waals surface area (Å²) in [5.41, 5.74) is 1.32. The Morgan fingerprint density at radius 3 is 2.80 bits per heavy atom. The van der Waals surface area contributed by atoms with E-state index in [9.17, 15) is 0 Å². The highest BCUT2D eigenvalue weighted by Gasteiger charge is 2.08. The molecule has 3 nitrogen and oxygen atoms in total. The van der Waals surface area contributed by atoms with Crippen molar-refractivity contribution in [1.82, 2.24) is 9.97 Å². The summed E-state index contributed by atoms with van der Waals surface area (Å²) >= 11 is 7.43. The largest absolute Gasteiger partial charge is 0.477 e. The predicted octanol–water partition coefficient (Wildman–Crippen LogP) is 4.36. The van der Waals surface area contributed by atoms with Gasteiger partial charge in [0.25, 0.3) is 0 Å². The van der Waals surface area contributed by atoms with Crippen molar-refractivity contribution in [2.24, 2.45) is 0 Å². The van der Waals surface area contributed by atoms with Crippen LogP contribution in [0.4, 0.5) is 0 Å². The number of ether oxygens (including phenoxy) is 1. The van der Waals surface area contributed by atoms with Crippen molar-refractivity contribution in [2.75, 3.05) is 6.61 Å². The van der Waals surface area contributed by atoms with Gasteiger partial charge in [0, 0.05) is 0 Å². The molecule has 3 rings (SSSR count). The van der Waals surface area contributed by atoms with Crippen molar-refractivity contribution < 1.29 is 4.74 Å². The lowest BCUT2D eigenvalue weighted by molar-refractivity contribution is 0.303. The third-order valence-corrected chi connectivity index (χ3v) is 3.93. The molecule has 0 fully saturated rings. The first-order valence-corrected chi connectivity index (χ1v) is 7.66. The number of thiophene rings is 1. The Kier molecular flexibility index (Phi) is 4.14. The van der Waals surface area contributed by atoms with E-state index in [2.05, 4.69) is 34.2 Å². The fourth-order valence-electron chi connectivity index (χ4n) is 2.00. The van der Waals surface area contributed by atoms with Crippen molar-refractivity contribution in [3.8, 4) is 5.88 Å². The van der Waals surface area contributed by atoms with E-state index in [0.717, 1.165) is 23.1 Å². The molecule has 102 valence electrons. The van der Waals surface area contributed by atoms with Crippen LogP contribution in [0.1, 0.15) is 12.0 Å². The summed E-state index contributed by atoms with van der Waals surface area (Å²) < 4.78 is 5.75. The zero-order valence-corrected chi connectivity index (χ0v) is 12.3. The second kappa shape index (κ2) is 6.20. The molecular formula is C15H13ClN2OS. The zero-order chi connectivity index (χ0) is 13.8. The lowest BCUT2D eigenvalue weighted by atomic mass is 10.1. The van der Waals surface area contributed by atoms with Crippen LogP contribution < -0.4 is 4.74 Å². The third kappa shape index (κ3) is 3.08. The minimum Gasteiger partial charge on any atom is -0.477 e. The molecule has 2 heterocycles. The average Bonchev–Trinajstić information content (AvgIpc) is 2.92. The number of halogens is 1.